The number of carbonyl (C=O) groups excluding carboxylic acids is 1. The number of rotatable bonds is 14. The molecule has 0 unspecified atom stereocenters. The molecule has 0 aliphatic carbocycles. The molecule has 0 aromatic heterocycles. The van der Waals surface area contributed by atoms with Gasteiger partial charge in [-0.3, -0.25) is 4.79 Å². The molecule has 0 aromatic rings. The second-order valence-electron chi connectivity index (χ2n) is 5.42. The number of aliphatic hydroxyl groups excluding tert-OH is 1. The van der Waals surface area contributed by atoms with Crippen molar-refractivity contribution in [3.8, 4) is 0 Å². The lowest BCUT2D eigenvalue weighted by Gasteiger charge is -2.06. The molecule has 4 heteroatoms. The minimum atomic E-state index is -1.42. The molecule has 0 rings (SSSR count). The lowest BCUT2D eigenvalue weighted by molar-refractivity contribution is -0.146. The summed E-state index contributed by atoms with van der Waals surface area (Å²) in [5.74, 6) is -0.339. The van der Waals surface area contributed by atoms with Gasteiger partial charge in [0.15, 0.2) is 6.29 Å². The van der Waals surface area contributed by atoms with Crippen molar-refractivity contribution in [3.63, 3.8) is 0 Å². The molecule has 0 saturated carbocycles. The third-order valence-corrected chi connectivity index (χ3v) is 3.37. The van der Waals surface area contributed by atoms with Crippen molar-refractivity contribution in [2.24, 2.45) is 0 Å². The van der Waals surface area contributed by atoms with E-state index in [2.05, 4.69) is 6.92 Å². The zero-order valence-electron chi connectivity index (χ0n) is 13.0. The van der Waals surface area contributed by atoms with E-state index in [-0.39, 0.29) is 18.8 Å². The lowest BCUT2D eigenvalue weighted by Crippen LogP contribution is -2.11. The molecule has 0 bridgehead atoms. The maximum Gasteiger partial charge on any atom is 0.305 e. The van der Waals surface area contributed by atoms with Gasteiger partial charge in [0, 0.05) is 6.42 Å². The molecule has 0 amide bonds. The Bertz CT molecular complexity index is 217. The van der Waals surface area contributed by atoms with Crippen LogP contribution in [0.5, 0.6) is 0 Å². The van der Waals surface area contributed by atoms with Gasteiger partial charge in [0.1, 0.15) is 0 Å². The smallest absolute Gasteiger partial charge is 0.305 e. The van der Waals surface area contributed by atoms with Crippen LogP contribution in [0.25, 0.3) is 0 Å². The summed E-state index contributed by atoms with van der Waals surface area (Å²) in [4.78, 5) is 11.2. The first-order chi connectivity index (χ1) is 9.66. The van der Waals surface area contributed by atoms with E-state index in [4.69, 9.17) is 14.9 Å². The normalized spacial score (nSPS) is 11.0. The molecule has 0 radical (unpaired) electrons. The van der Waals surface area contributed by atoms with Gasteiger partial charge in [-0.15, -0.1) is 0 Å². The third kappa shape index (κ3) is 15.4. The van der Waals surface area contributed by atoms with Crippen molar-refractivity contribution in [2.45, 2.75) is 90.3 Å². The Labute approximate surface area is 123 Å². The number of aliphatic hydroxyl groups is 2. The first-order valence-corrected chi connectivity index (χ1v) is 8.18. The van der Waals surface area contributed by atoms with Gasteiger partial charge in [-0.2, -0.15) is 0 Å². The SMILES string of the molecule is CCCCCCCCCCCCOC(=O)CCC(O)O. The van der Waals surface area contributed by atoms with Crippen LogP contribution in [0, 0.1) is 0 Å². The first kappa shape index (κ1) is 19.4. The van der Waals surface area contributed by atoms with Gasteiger partial charge in [-0.25, -0.2) is 0 Å². The van der Waals surface area contributed by atoms with Crippen LogP contribution >= 0.6 is 0 Å². The molecular weight excluding hydrogens is 256 g/mol. The standard InChI is InChI=1S/C16H32O4/c1-2-3-4-5-6-7-8-9-10-11-14-20-16(19)13-12-15(17)18/h15,17-18H,2-14H2,1H3. The maximum atomic E-state index is 11.2. The summed E-state index contributed by atoms with van der Waals surface area (Å²) >= 11 is 0. The van der Waals surface area contributed by atoms with Crippen LogP contribution in [0.2, 0.25) is 0 Å². The average molecular weight is 288 g/mol. The second-order valence-corrected chi connectivity index (χ2v) is 5.42. The molecule has 0 spiro atoms. The summed E-state index contributed by atoms with van der Waals surface area (Å²) < 4.78 is 5.00. The molecule has 0 fully saturated rings. The van der Waals surface area contributed by atoms with Crippen molar-refractivity contribution in [1.82, 2.24) is 0 Å². The molecule has 4 nitrogen and oxygen atoms in total. The van der Waals surface area contributed by atoms with Gasteiger partial charge in [0.25, 0.3) is 0 Å². The summed E-state index contributed by atoms with van der Waals surface area (Å²) in [6.07, 6.45) is 11.3. The van der Waals surface area contributed by atoms with E-state index in [1.165, 1.54) is 51.4 Å². The second kappa shape index (κ2) is 14.8. The van der Waals surface area contributed by atoms with Gasteiger partial charge >= 0.3 is 5.97 Å². The molecular formula is C16H32O4. The Hall–Kier alpha value is -0.610. The van der Waals surface area contributed by atoms with Crippen molar-refractivity contribution in [1.29, 1.82) is 0 Å². The fourth-order valence-corrected chi connectivity index (χ4v) is 2.09. The topological polar surface area (TPSA) is 66.8 Å². The number of ether oxygens (including phenoxy) is 1. The predicted octanol–water partition coefficient (Wildman–Crippen LogP) is 3.54. The minimum absolute atomic E-state index is 0.0524. The Morgan fingerprint density at radius 3 is 1.90 bits per heavy atom. The number of unbranched alkanes of at least 4 members (excludes halogenated alkanes) is 9. The van der Waals surface area contributed by atoms with Crippen molar-refractivity contribution >= 4 is 5.97 Å². The Morgan fingerprint density at radius 1 is 0.900 bits per heavy atom. The maximum absolute atomic E-state index is 11.2. The van der Waals surface area contributed by atoms with E-state index in [1.807, 2.05) is 0 Å². The molecule has 20 heavy (non-hydrogen) atoms. The zero-order valence-corrected chi connectivity index (χ0v) is 13.0. The fraction of sp³-hybridized carbons (Fsp3) is 0.938. The highest BCUT2D eigenvalue weighted by atomic mass is 16.5. The van der Waals surface area contributed by atoms with E-state index in [0.29, 0.717) is 6.61 Å². The summed E-state index contributed by atoms with van der Waals surface area (Å²) in [7, 11) is 0. The van der Waals surface area contributed by atoms with E-state index < -0.39 is 6.29 Å². The van der Waals surface area contributed by atoms with Crippen LogP contribution in [0.3, 0.4) is 0 Å². The van der Waals surface area contributed by atoms with Gasteiger partial charge in [-0.05, 0) is 6.42 Å². The number of esters is 1. The molecule has 0 heterocycles. The highest BCUT2D eigenvalue weighted by Gasteiger charge is 2.05. The average Bonchev–Trinajstić information content (AvgIpc) is 2.42. The summed E-state index contributed by atoms with van der Waals surface area (Å²) in [6, 6.07) is 0. The Kier molecular flexibility index (Phi) is 14.3. The monoisotopic (exact) mass is 288 g/mol. The molecule has 0 aromatic carbocycles. The molecule has 2 N–H and O–H groups in total. The van der Waals surface area contributed by atoms with Gasteiger partial charge in [-0.1, -0.05) is 64.7 Å². The van der Waals surface area contributed by atoms with Gasteiger partial charge in [0.2, 0.25) is 0 Å². The largest absolute Gasteiger partial charge is 0.466 e. The first-order valence-electron chi connectivity index (χ1n) is 8.18. The zero-order chi connectivity index (χ0) is 15.1. The van der Waals surface area contributed by atoms with E-state index in [9.17, 15) is 4.79 Å². The van der Waals surface area contributed by atoms with E-state index in [1.54, 1.807) is 0 Å². The minimum Gasteiger partial charge on any atom is -0.466 e. The summed E-state index contributed by atoms with van der Waals surface area (Å²) in [5.41, 5.74) is 0. The molecule has 120 valence electrons. The van der Waals surface area contributed by atoms with Crippen molar-refractivity contribution in [3.05, 3.63) is 0 Å². The molecule has 0 atom stereocenters. The van der Waals surface area contributed by atoms with Crippen molar-refractivity contribution < 1.29 is 19.7 Å². The van der Waals surface area contributed by atoms with Gasteiger partial charge < -0.3 is 14.9 Å². The predicted molar refractivity (Wildman–Crippen MR) is 80.3 cm³/mol. The van der Waals surface area contributed by atoms with Crippen molar-refractivity contribution in [2.75, 3.05) is 6.61 Å². The Balaban J connectivity index is 3.11. The molecule has 0 saturated heterocycles. The number of hydrogen-bond donors (Lipinski definition) is 2. The Morgan fingerprint density at radius 2 is 1.40 bits per heavy atom. The highest BCUT2D eigenvalue weighted by molar-refractivity contribution is 5.69. The third-order valence-electron chi connectivity index (χ3n) is 3.37. The van der Waals surface area contributed by atoms with Crippen LogP contribution in [-0.4, -0.2) is 29.1 Å². The fourth-order valence-electron chi connectivity index (χ4n) is 2.09. The van der Waals surface area contributed by atoms with Crippen LogP contribution in [0.4, 0.5) is 0 Å². The van der Waals surface area contributed by atoms with E-state index in [0.717, 1.165) is 12.8 Å². The van der Waals surface area contributed by atoms with Crippen LogP contribution in [0.1, 0.15) is 84.0 Å². The molecule has 0 aliphatic rings. The van der Waals surface area contributed by atoms with E-state index >= 15 is 0 Å². The highest BCUT2D eigenvalue weighted by Crippen LogP contribution is 2.10. The number of carbonyl (C=O) groups is 1. The summed E-state index contributed by atoms with van der Waals surface area (Å²) in [6.45, 7) is 2.69. The van der Waals surface area contributed by atoms with Crippen LogP contribution in [-0.2, 0) is 9.53 Å². The van der Waals surface area contributed by atoms with Crippen LogP contribution < -0.4 is 0 Å². The quantitative estimate of drug-likeness (QED) is 0.291. The lowest BCUT2D eigenvalue weighted by atomic mass is 10.1. The molecule has 0 aliphatic heterocycles. The number of hydrogen-bond acceptors (Lipinski definition) is 4. The summed E-state index contributed by atoms with van der Waals surface area (Å²) in [5, 5.41) is 17.2. The van der Waals surface area contributed by atoms with Crippen LogP contribution in [0.15, 0.2) is 0 Å². The van der Waals surface area contributed by atoms with Gasteiger partial charge in [0.05, 0.1) is 13.0 Å².